The second-order valence-electron chi connectivity index (χ2n) is 5.01. The van der Waals surface area contributed by atoms with Gasteiger partial charge in [-0.15, -0.1) is 0 Å². The van der Waals surface area contributed by atoms with Crippen molar-refractivity contribution in [3.8, 4) is 5.75 Å². The summed E-state index contributed by atoms with van der Waals surface area (Å²) in [6, 6.07) is 7.78. The topological polar surface area (TPSA) is 50.4 Å². The van der Waals surface area contributed by atoms with Crippen molar-refractivity contribution < 1.29 is 9.53 Å². The number of methoxy groups -OCH3 is 1. The fourth-order valence-corrected chi connectivity index (χ4v) is 2.37. The summed E-state index contributed by atoms with van der Waals surface area (Å²) in [6.07, 6.45) is 3.22. The van der Waals surface area contributed by atoms with E-state index in [2.05, 4.69) is 10.6 Å². The molecule has 19 heavy (non-hydrogen) atoms. The quantitative estimate of drug-likeness (QED) is 0.872. The molecule has 0 radical (unpaired) electrons. The van der Waals surface area contributed by atoms with Gasteiger partial charge in [0.1, 0.15) is 5.75 Å². The molecule has 2 rings (SSSR count). The van der Waals surface area contributed by atoms with Gasteiger partial charge in [0.05, 0.1) is 19.2 Å². The smallest absolute Gasteiger partial charge is 0.237 e. The van der Waals surface area contributed by atoms with Crippen LogP contribution in [-0.4, -0.2) is 25.6 Å². The third kappa shape index (κ3) is 3.70. The minimum atomic E-state index is -0.0329. The molecule has 4 heteroatoms. The summed E-state index contributed by atoms with van der Waals surface area (Å²) in [5.41, 5.74) is 1.09. The molecule has 0 spiro atoms. The van der Waals surface area contributed by atoms with Crippen molar-refractivity contribution in [2.24, 2.45) is 0 Å². The van der Waals surface area contributed by atoms with Gasteiger partial charge in [-0.25, -0.2) is 0 Å². The lowest BCUT2D eigenvalue weighted by molar-refractivity contribution is -0.124. The molecule has 1 aliphatic rings. The predicted octanol–water partition coefficient (Wildman–Crippen LogP) is 2.01. The van der Waals surface area contributed by atoms with Crippen molar-refractivity contribution in [3.05, 3.63) is 29.8 Å². The number of amides is 1. The summed E-state index contributed by atoms with van der Waals surface area (Å²) in [5.74, 6) is 0.930. The molecule has 4 nitrogen and oxygen atoms in total. The summed E-state index contributed by atoms with van der Waals surface area (Å²) in [5, 5.41) is 6.32. The van der Waals surface area contributed by atoms with Crippen LogP contribution in [0.25, 0.3) is 0 Å². The first-order valence-electron chi connectivity index (χ1n) is 6.88. The lowest BCUT2D eigenvalue weighted by Crippen LogP contribution is -2.47. The third-order valence-corrected chi connectivity index (χ3v) is 3.60. The summed E-state index contributed by atoms with van der Waals surface area (Å²) < 4.78 is 5.13. The molecular formula is C15H22N2O2. The Morgan fingerprint density at radius 3 is 2.68 bits per heavy atom. The van der Waals surface area contributed by atoms with Crippen LogP contribution in [0, 0.1) is 0 Å². The minimum Gasteiger partial charge on any atom is -0.497 e. The number of nitrogens with one attached hydrogen (secondary N) is 2. The number of rotatable bonds is 4. The highest BCUT2D eigenvalue weighted by Crippen LogP contribution is 2.17. The fourth-order valence-electron chi connectivity index (χ4n) is 2.37. The van der Waals surface area contributed by atoms with Crippen molar-refractivity contribution in [3.63, 3.8) is 0 Å². The average Bonchev–Trinajstić information content (AvgIpc) is 2.48. The Morgan fingerprint density at radius 2 is 2.11 bits per heavy atom. The Bertz CT molecular complexity index is 411. The van der Waals surface area contributed by atoms with E-state index >= 15 is 0 Å². The van der Waals surface area contributed by atoms with Crippen LogP contribution in [0.5, 0.6) is 5.75 Å². The summed E-state index contributed by atoms with van der Waals surface area (Å²) in [7, 11) is 1.65. The Hall–Kier alpha value is -1.55. The van der Waals surface area contributed by atoms with Crippen molar-refractivity contribution >= 4 is 5.91 Å². The second-order valence-corrected chi connectivity index (χ2v) is 5.01. The van der Waals surface area contributed by atoms with Gasteiger partial charge in [-0.1, -0.05) is 18.6 Å². The van der Waals surface area contributed by atoms with E-state index in [1.807, 2.05) is 31.2 Å². The van der Waals surface area contributed by atoms with Crippen LogP contribution in [0.4, 0.5) is 0 Å². The van der Waals surface area contributed by atoms with Crippen LogP contribution in [-0.2, 0) is 4.79 Å². The van der Waals surface area contributed by atoms with Gasteiger partial charge in [0.2, 0.25) is 5.91 Å². The molecule has 1 aliphatic heterocycles. The largest absolute Gasteiger partial charge is 0.497 e. The summed E-state index contributed by atoms with van der Waals surface area (Å²) in [4.78, 5) is 12.1. The molecule has 1 fully saturated rings. The predicted molar refractivity (Wildman–Crippen MR) is 75.2 cm³/mol. The lowest BCUT2D eigenvalue weighted by Gasteiger charge is -2.24. The molecule has 2 N–H and O–H groups in total. The van der Waals surface area contributed by atoms with Crippen molar-refractivity contribution in [1.82, 2.24) is 10.6 Å². The van der Waals surface area contributed by atoms with E-state index < -0.39 is 0 Å². The van der Waals surface area contributed by atoms with Gasteiger partial charge in [-0.3, -0.25) is 4.79 Å². The third-order valence-electron chi connectivity index (χ3n) is 3.60. The van der Waals surface area contributed by atoms with Gasteiger partial charge >= 0.3 is 0 Å². The summed E-state index contributed by atoms with van der Waals surface area (Å²) >= 11 is 0. The van der Waals surface area contributed by atoms with E-state index in [1.54, 1.807) is 7.11 Å². The number of piperidine rings is 1. The van der Waals surface area contributed by atoms with E-state index in [-0.39, 0.29) is 18.0 Å². The van der Waals surface area contributed by atoms with Crippen LogP contribution in [0.1, 0.15) is 37.8 Å². The number of ether oxygens (including phenoxy) is 1. The number of hydrogen-bond donors (Lipinski definition) is 2. The second kappa shape index (κ2) is 6.57. The molecule has 2 atom stereocenters. The Labute approximate surface area is 114 Å². The lowest BCUT2D eigenvalue weighted by atomic mass is 10.0. The maximum Gasteiger partial charge on any atom is 0.237 e. The molecule has 1 aromatic rings. The van der Waals surface area contributed by atoms with Gasteiger partial charge < -0.3 is 15.4 Å². The Balaban J connectivity index is 1.91. The zero-order valence-electron chi connectivity index (χ0n) is 11.6. The fraction of sp³-hybridized carbons (Fsp3) is 0.533. The molecule has 0 saturated carbocycles. The van der Waals surface area contributed by atoms with E-state index in [0.29, 0.717) is 0 Å². The first kappa shape index (κ1) is 13.9. The summed E-state index contributed by atoms with van der Waals surface area (Å²) in [6.45, 7) is 2.94. The van der Waals surface area contributed by atoms with Crippen LogP contribution >= 0.6 is 0 Å². The highest BCUT2D eigenvalue weighted by molar-refractivity contribution is 5.82. The maximum absolute atomic E-state index is 12.1. The molecule has 1 aromatic carbocycles. The molecule has 0 aliphatic carbocycles. The molecule has 1 saturated heterocycles. The number of carbonyl (C=O) groups excluding carboxylic acids is 1. The molecule has 1 amide bonds. The Kier molecular flexibility index (Phi) is 4.80. The number of hydrogen-bond acceptors (Lipinski definition) is 3. The van der Waals surface area contributed by atoms with Crippen LogP contribution in [0.3, 0.4) is 0 Å². The normalized spacial score (nSPS) is 20.6. The highest BCUT2D eigenvalue weighted by atomic mass is 16.5. The van der Waals surface area contributed by atoms with Crippen molar-refractivity contribution in [2.45, 2.75) is 38.3 Å². The highest BCUT2D eigenvalue weighted by Gasteiger charge is 2.21. The standard InChI is InChI=1S/C15H22N2O2/c1-11(12-6-8-13(19-2)9-7-12)17-15(18)14-5-3-4-10-16-14/h6-9,11,14,16H,3-5,10H2,1-2H3,(H,17,18). The SMILES string of the molecule is COc1ccc(C(C)NC(=O)C2CCCCN2)cc1. The van der Waals surface area contributed by atoms with E-state index in [4.69, 9.17) is 4.74 Å². The van der Waals surface area contributed by atoms with Gasteiger partial charge in [0, 0.05) is 0 Å². The monoisotopic (exact) mass is 262 g/mol. The van der Waals surface area contributed by atoms with E-state index in [1.165, 1.54) is 0 Å². The zero-order chi connectivity index (χ0) is 13.7. The first-order chi connectivity index (χ1) is 9.20. The van der Waals surface area contributed by atoms with Crippen molar-refractivity contribution in [2.75, 3.05) is 13.7 Å². The van der Waals surface area contributed by atoms with Gasteiger partial charge in [-0.2, -0.15) is 0 Å². The van der Waals surface area contributed by atoms with E-state index in [0.717, 1.165) is 37.1 Å². The molecule has 1 heterocycles. The first-order valence-corrected chi connectivity index (χ1v) is 6.88. The average molecular weight is 262 g/mol. The zero-order valence-corrected chi connectivity index (χ0v) is 11.6. The molecular weight excluding hydrogens is 240 g/mol. The Morgan fingerprint density at radius 1 is 1.37 bits per heavy atom. The van der Waals surface area contributed by atoms with Gasteiger partial charge in [0.15, 0.2) is 0 Å². The minimum absolute atomic E-state index is 0.0159. The van der Waals surface area contributed by atoms with Crippen LogP contribution in [0.15, 0.2) is 24.3 Å². The van der Waals surface area contributed by atoms with Gasteiger partial charge in [0.25, 0.3) is 0 Å². The van der Waals surface area contributed by atoms with Gasteiger partial charge in [-0.05, 0) is 44.0 Å². The van der Waals surface area contributed by atoms with Crippen LogP contribution in [0.2, 0.25) is 0 Å². The van der Waals surface area contributed by atoms with Crippen LogP contribution < -0.4 is 15.4 Å². The molecule has 0 bridgehead atoms. The number of benzene rings is 1. The molecule has 0 aromatic heterocycles. The molecule has 104 valence electrons. The van der Waals surface area contributed by atoms with E-state index in [9.17, 15) is 4.79 Å². The van der Waals surface area contributed by atoms with Crippen molar-refractivity contribution in [1.29, 1.82) is 0 Å². The maximum atomic E-state index is 12.1. The molecule has 2 unspecified atom stereocenters. The number of carbonyl (C=O) groups is 1.